The van der Waals surface area contributed by atoms with E-state index in [4.69, 9.17) is 46.6 Å². The Hall–Kier alpha value is -1.13. The summed E-state index contributed by atoms with van der Waals surface area (Å²) in [7, 11) is 1.59. The van der Waals surface area contributed by atoms with Crippen molar-refractivity contribution >= 4 is 5.91 Å². The largest absolute Gasteiger partial charge is 0.394 e. The van der Waals surface area contributed by atoms with Crippen LogP contribution in [0, 0.1) is 5.92 Å². The average Bonchev–Trinajstić information content (AvgIpc) is 3.58. The van der Waals surface area contributed by atoms with Crippen LogP contribution in [0.25, 0.3) is 0 Å². The van der Waals surface area contributed by atoms with E-state index in [1.54, 1.807) is 7.05 Å². The number of ether oxygens (including phenoxy) is 5. The molecule has 12 unspecified atom stereocenters. The molecule has 0 aromatic heterocycles. The Labute approximate surface area is 255 Å². The number of aliphatic hydroxyl groups is 5. The lowest BCUT2D eigenvalue weighted by Crippen LogP contribution is -2.70. The van der Waals surface area contributed by atoms with Crippen molar-refractivity contribution in [2.75, 3.05) is 20.2 Å². The lowest BCUT2D eigenvalue weighted by Gasteiger charge is -2.52. The molecule has 0 bridgehead atoms. The normalized spacial score (nSPS) is 52.1. The molecule has 0 aromatic rings. The summed E-state index contributed by atoms with van der Waals surface area (Å²) >= 11 is 0. The first-order chi connectivity index (χ1) is 20.9. The van der Waals surface area contributed by atoms with Gasteiger partial charge in [0, 0.05) is 37.4 Å². The minimum Gasteiger partial charge on any atom is -0.394 e. The van der Waals surface area contributed by atoms with Crippen LogP contribution in [0.5, 0.6) is 0 Å². The number of nitrogens with one attached hydrogen (secondary N) is 2. The summed E-state index contributed by atoms with van der Waals surface area (Å²) in [6.45, 7) is 1.51. The molecule has 0 radical (unpaired) electrons. The molecule has 0 spiro atoms. The number of amides is 1. The summed E-state index contributed by atoms with van der Waals surface area (Å²) in [5.74, 6) is -1.01. The monoisotopic (exact) mass is 634 g/mol. The maximum atomic E-state index is 12.4. The smallest absolute Gasteiger partial charge is 0.221 e. The second kappa shape index (κ2) is 13.2. The standard InChI is InChI=1S/C27H50N6O11/c1-3-26(33-16(36)4-5-28)8-12(35)24(41-15(26)9-34)43-25-18(32-2)20(38)21-13(40-25)6-11(30)23(42-21)44-27-14(31)7-10(29)19(37)17(27)22(27)39/h10-15,17-25,32,34-35,37-39H,3-9,28-31H2,1-2H3,(H,33,36)/t10-,11?,12?,13+,14?,15?,17?,18?,19?,20?,21?,22-,23-,24-,25?,26?,27?/m1/s1. The van der Waals surface area contributed by atoms with Gasteiger partial charge in [0.15, 0.2) is 18.9 Å². The Morgan fingerprint density at radius 3 is 2.36 bits per heavy atom. The van der Waals surface area contributed by atoms with Gasteiger partial charge in [0.05, 0.1) is 42.5 Å². The van der Waals surface area contributed by atoms with Crippen LogP contribution in [0.1, 0.15) is 39.0 Å². The van der Waals surface area contributed by atoms with Crippen molar-refractivity contribution in [3.63, 3.8) is 0 Å². The van der Waals surface area contributed by atoms with Gasteiger partial charge in [-0.2, -0.15) is 0 Å². The van der Waals surface area contributed by atoms with Gasteiger partial charge in [0.1, 0.15) is 30.0 Å². The first kappa shape index (κ1) is 34.2. The van der Waals surface area contributed by atoms with Crippen LogP contribution in [0.4, 0.5) is 0 Å². The average molecular weight is 635 g/mol. The molecule has 254 valence electrons. The number of carbonyl (C=O) groups is 1. The van der Waals surface area contributed by atoms with Gasteiger partial charge < -0.3 is 82.8 Å². The number of hydrogen-bond donors (Lipinski definition) is 11. The number of aliphatic hydroxyl groups excluding tert-OH is 5. The predicted octanol–water partition coefficient (Wildman–Crippen LogP) is -5.63. The molecule has 44 heavy (non-hydrogen) atoms. The number of fused-ring (bicyclic) bond motifs is 2. The third-order valence-electron chi connectivity index (χ3n) is 10.2. The predicted molar refractivity (Wildman–Crippen MR) is 151 cm³/mol. The number of hydrogen-bond acceptors (Lipinski definition) is 16. The van der Waals surface area contributed by atoms with Crippen LogP contribution in [-0.4, -0.2) is 149 Å². The Kier molecular flexibility index (Phi) is 10.2. The molecule has 5 rings (SSSR count). The summed E-state index contributed by atoms with van der Waals surface area (Å²) in [6.07, 6.45) is -9.57. The SMILES string of the molecule is CCC1(NC(=O)CCN)CC(O)[C@@H](OC2O[C@H]3CC(N)[C@@H](OC45C(N)C[C@@H](N)C(O)C4[C@H]5O)OC3C(O)C2NC)OC1CO. The maximum absolute atomic E-state index is 12.4. The molecule has 17 atom stereocenters. The fourth-order valence-electron chi connectivity index (χ4n) is 7.60. The number of rotatable bonds is 10. The zero-order chi connectivity index (χ0) is 32.1. The lowest BCUT2D eigenvalue weighted by molar-refractivity contribution is -0.371. The molecular formula is C27H50N6O11. The minimum absolute atomic E-state index is 0.0323. The van der Waals surface area contributed by atoms with Crippen LogP contribution in [0.3, 0.4) is 0 Å². The summed E-state index contributed by atoms with van der Waals surface area (Å²) < 4.78 is 30.6. The minimum atomic E-state index is -1.27. The fourth-order valence-corrected chi connectivity index (χ4v) is 7.60. The topological polar surface area (TPSA) is 293 Å². The highest BCUT2D eigenvalue weighted by Gasteiger charge is 2.75. The van der Waals surface area contributed by atoms with E-state index < -0.39 is 109 Å². The van der Waals surface area contributed by atoms with E-state index in [1.165, 1.54) is 0 Å². The molecule has 3 heterocycles. The van der Waals surface area contributed by atoms with Gasteiger partial charge in [0.25, 0.3) is 0 Å². The van der Waals surface area contributed by atoms with E-state index in [-0.39, 0.29) is 38.1 Å². The third-order valence-corrected chi connectivity index (χ3v) is 10.2. The Morgan fingerprint density at radius 1 is 1.00 bits per heavy atom. The van der Waals surface area contributed by atoms with Crippen molar-refractivity contribution in [1.29, 1.82) is 0 Å². The highest BCUT2D eigenvalue weighted by Crippen LogP contribution is 2.56. The summed E-state index contributed by atoms with van der Waals surface area (Å²) in [5.41, 5.74) is 21.9. The Bertz CT molecular complexity index is 1020. The zero-order valence-corrected chi connectivity index (χ0v) is 25.1. The highest BCUT2D eigenvalue weighted by molar-refractivity contribution is 5.77. The van der Waals surface area contributed by atoms with Crippen molar-refractivity contribution in [1.82, 2.24) is 10.6 Å². The summed E-state index contributed by atoms with van der Waals surface area (Å²) in [5, 5.41) is 59.6. The first-order valence-electron chi connectivity index (χ1n) is 15.4. The fraction of sp³-hybridized carbons (Fsp3) is 0.963. The van der Waals surface area contributed by atoms with Gasteiger partial charge in [0.2, 0.25) is 5.91 Å². The molecule has 3 saturated heterocycles. The molecular weight excluding hydrogens is 584 g/mol. The van der Waals surface area contributed by atoms with Crippen molar-refractivity contribution in [2.45, 2.75) is 136 Å². The summed E-state index contributed by atoms with van der Waals surface area (Å²) in [6, 6.07) is -2.86. The van der Waals surface area contributed by atoms with Crippen LogP contribution >= 0.6 is 0 Å². The van der Waals surface area contributed by atoms with E-state index in [0.29, 0.717) is 6.42 Å². The quantitative estimate of drug-likeness (QED) is 0.107. The van der Waals surface area contributed by atoms with Gasteiger partial charge in [-0.1, -0.05) is 6.92 Å². The molecule has 17 nitrogen and oxygen atoms in total. The van der Waals surface area contributed by atoms with Gasteiger partial charge >= 0.3 is 0 Å². The van der Waals surface area contributed by atoms with Gasteiger partial charge in [-0.15, -0.1) is 0 Å². The van der Waals surface area contributed by atoms with Crippen molar-refractivity contribution in [2.24, 2.45) is 28.9 Å². The van der Waals surface area contributed by atoms with Crippen molar-refractivity contribution in [3.05, 3.63) is 0 Å². The molecule has 5 fully saturated rings. The van der Waals surface area contributed by atoms with Crippen LogP contribution < -0.4 is 33.6 Å². The van der Waals surface area contributed by atoms with Gasteiger partial charge in [-0.05, 0) is 26.3 Å². The van der Waals surface area contributed by atoms with Crippen LogP contribution in [0.2, 0.25) is 0 Å². The zero-order valence-electron chi connectivity index (χ0n) is 25.1. The van der Waals surface area contributed by atoms with E-state index in [9.17, 15) is 30.3 Å². The van der Waals surface area contributed by atoms with Gasteiger partial charge in [-0.25, -0.2) is 0 Å². The third kappa shape index (κ3) is 5.80. The molecule has 1 amide bonds. The second-order valence-corrected chi connectivity index (χ2v) is 12.8. The number of likely N-dealkylation sites (N-methyl/N-ethyl adjacent to an activating group) is 1. The van der Waals surface area contributed by atoms with E-state index in [0.717, 1.165) is 0 Å². The highest BCUT2D eigenvalue weighted by atomic mass is 16.8. The molecule has 3 aliphatic heterocycles. The van der Waals surface area contributed by atoms with Crippen molar-refractivity contribution < 1.29 is 54.0 Å². The Balaban J connectivity index is 1.25. The number of carbonyl (C=O) groups excluding carboxylic acids is 1. The Morgan fingerprint density at radius 2 is 1.73 bits per heavy atom. The lowest BCUT2D eigenvalue weighted by atomic mass is 9.81. The maximum Gasteiger partial charge on any atom is 0.221 e. The molecule has 0 aromatic carbocycles. The number of nitrogens with two attached hydrogens (primary N) is 4. The van der Waals surface area contributed by atoms with Crippen LogP contribution in [0.15, 0.2) is 0 Å². The first-order valence-corrected chi connectivity index (χ1v) is 15.4. The second-order valence-electron chi connectivity index (χ2n) is 12.8. The van der Waals surface area contributed by atoms with E-state index >= 15 is 0 Å². The van der Waals surface area contributed by atoms with Gasteiger partial charge in [-0.3, -0.25) is 4.79 Å². The molecule has 2 saturated carbocycles. The molecule has 5 aliphatic rings. The summed E-state index contributed by atoms with van der Waals surface area (Å²) in [4.78, 5) is 12.4. The molecule has 15 N–H and O–H groups in total. The van der Waals surface area contributed by atoms with E-state index in [2.05, 4.69) is 10.6 Å². The van der Waals surface area contributed by atoms with Crippen LogP contribution in [-0.2, 0) is 28.5 Å². The molecule has 17 heteroatoms. The van der Waals surface area contributed by atoms with Crippen molar-refractivity contribution in [3.8, 4) is 0 Å². The van der Waals surface area contributed by atoms with E-state index in [1.807, 2.05) is 6.92 Å². The molecule has 2 aliphatic carbocycles.